The van der Waals surface area contributed by atoms with Crippen molar-refractivity contribution >= 4 is 34.8 Å². The summed E-state index contributed by atoms with van der Waals surface area (Å²) in [5.74, 6) is -0.375. The van der Waals surface area contributed by atoms with Crippen LogP contribution in [0.5, 0.6) is 0 Å². The van der Waals surface area contributed by atoms with Gasteiger partial charge in [0.2, 0.25) is 5.91 Å². The minimum absolute atomic E-state index is 0.0108. The molecule has 0 bridgehead atoms. The zero-order chi connectivity index (χ0) is 25.5. The fourth-order valence-corrected chi connectivity index (χ4v) is 4.43. The van der Waals surface area contributed by atoms with E-state index in [1.54, 1.807) is 24.3 Å². The van der Waals surface area contributed by atoms with E-state index in [2.05, 4.69) is 5.32 Å². The highest BCUT2D eigenvalue weighted by atomic mass is 35.5. The summed E-state index contributed by atoms with van der Waals surface area (Å²) in [5, 5.41) is 3.35. The van der Waals surface area contributed by atoms with Crippen LogP contribution < -0.4 is 10.2 Å². The van der Waals surface area contributed by atoms with Gasteiger partial charge in [-0.25, -0.2) is 0 Å². The van der Waals surface area contributed by atoms with E-state index in [9.17, 15) is 9.59 Å². The van der Waals surface area contributed by atoms with E-state index in [0.717, 1.165) is 23.2 Å². The molecule has 0 heterocycles. The molecule has 0 saturated heterocycles. The van der Waals surface area contributed by atoms with Gasteiger partial charge in [0, 0.05) is 38.1 Å². The highest BCUT2D eigenvalue weighted by Crippen LogP contribution is 2.29. The first-order valence-electron chi connectivity index (χ1n) is 11.9. The van der Waals surface area contributed by atoms with Crippen LogP contribution in [0.3, 0.4) is 0 Å². The van der Waals surface area contributed by atoms with Crippen LogP contribution in [-0.4, -0.2) is 36.9 Å². The number of hydrogen-bond acceptors (Lipinski definition) is 3. The van der Waals surface area contributed by atoms with Crippen molar-refractivity contribution in [2.45, 2.75) is 45.7 Å². The number of halogens is 1. The number of carbonyl (C=O) groups excluding carboxylic acids is 2. The van der Waals surface area contributed by atoms with E-state index in [4.69, 9.17) is 11.6 Å². The second kappa shape index (κ2) is 11.9. The maximum absolute atomic E-state index is 13.7. The molecule has 0 fully saturated rings. The Hall–Kier alpha value is -3.31. The molecule has 0 aromatic heterocycles. The minimum Gasteiger partial charge on any atom is -0.377 e. The van der Waals surface area contributed by atoms with Crippen molar-refractivity contribution in [2.24, 2.45) is 0 Å². The zero-order valence-electron chi connectivity index (χ0n) is 21.1. The monoisotopic (exact) mass is 491 g/mol. The summed E-state index contributed by atoms with van der Waals surface area (Å²) in [6, 6.07) is 22.7. The molecular weight excluding hydrogens is 458 g/mol. The van der Waals surface area contributed by atoms with Gasteiger partial charge in [-0.2, -0.15) is 0 Å². The molecule has 0 aliphatic heterocycles. The summed E-state index contributed by atoms with van der Waals surface area (Å²) in [5.41, 5.74) is 4.05. The third-order valence-corrected chi connectivity index (χ3v) is 6.42. The number of nitrogens with one attached hydrogen (secondary N) is 1. The molecule has 3 aromatic carbocycles. The third kappa shape index (κ3) is 6.43. The number of carbonyl (C=O) groups is 2. The van der Waals surface area contributed by atoms with Gasteiger partial charge < -0.3 is 15.1 Å². The van der Waals surface area contributed by atoms with Crippen molar-refractivity contribution in [3.63, 3.8) is 0 Å². The summed E-state index contributed by atoms with van der Waals surface area (Å²) < 4.78 is 0. The predicted molar refractivity (Wildman–Crippen MR) is 145 cm³/mol. The Morgan fingerprint density at radius 2 is 1.60 bits per heavy atom. The maximum Gasteiger partial charge on any atom is 0.257 e. The molecule has 1 N–H and O–H groups in total. The van der Waals surface area contributed by atoms with Gasteiger partial charge in [0.1, 0.15) is 0 Å². The van der Waals surface area contributed by atoms with Gasteiger partial charge in [-0.1, -0.05) is 61.0 Å². The Morgan fingerprint density at radius 3 is 2.20 bits per heavy atom. The minimum atomic E-state index is -0.272. The lowest BCUT2D eigenvalue weighted by molar-refractivity contribution is -0.135. The maximum atomic E-state index is 13.7. The van der Waals surface area contributed by atoms with Gasteiger partial charge in [0.05, 0.1) is 16.5 Å². The number of amides is 2. The molecule has 6 heteroatoms. The molecule has 0 aliphatic carbocycles. The third-order valence-electron chi connectivity index (χ3n) is 6.09. The Labute approximate surface area is 213 Å². The van der Waals surface area contributed by atoms with Gasteiger partial charge in [0.15, 0.2) is 0 Å². The van der Waals surface area contributed by atoms with Gasteiger partial charge in [-0.05, 0) is 61.7 Å². The number of anilines is 2. The van der Waals surface area contributed by atoms with E-state index < -0.39 is 0 Å². The van der Waals surface area contributed by atoms with Crippen LogP contribution >= 0.6 is 11.6 Å². The molecule has 3 aromatic rings. The van der Waals surface area contributed by atoms with Gasteiger partial charge in [-0.15, -0.1) is 0 Å². The van der Waals surface area contributed by atoms with E-state index in [0.29, 0.717) is 22.8 Å². The van der Waals surface area contributed by atoms with Crippen LogP contribution in [0.1, 0.15) is 54.6 Å². The highest BCUT2D eigenvalue weighted by molar-refractivity contribution is 6.34. The standard InChI is InChI=1S/C29H34ClN3O2/c1-6-24(21-12-8-7-9-13-21)29(35)33(20(2)3)19-22-18-23(16-17-27(22)32(4)5)31-28(34)25-14-10-11-15-26(25)30/h7-18,20,24H,6,19H2,1-5H3,(H,31,34). The molecule has 0 saturated carbocycles. The summed E-state index contributed by atoms with van der Waals surface area (Å²) in [6.45, 7) is 6.55. The number of benzene rings is 3. The van der Waals surface area contributed by atoms with Crippen LogP contribution in [-0.2, 0) is 11.3 Å². The van der Waals surface area contributed by atoms with Crippen LogP contribution in [0, 0.1) is 0 Å². The molecule has 5 nitrogen and oxygen atoms in total. The van der Waals surface area contributed by atoms with E-state index in [-0.39, 0.29) is 23.8 Å². The van der Waals surface area contributed by atoms with Crippen molar-refractivity contribution in [1.29, 1.82) is 0 Å². The average molecular weight is 492 g/mol. The first-order valence-corrected chi connectivity index (χ1v) is 12.3. The van der Waals surface area contributed by atoms with Gasteiger partial charge >= 0.3 is 0 Å². The molecule has 1 atom stereocenters. The average Bonchev–Trinajstić information content (AvgIpc) is 2.83. The number of nitrogens with zero attached hydrogens (tertiary/aromatic N) is 2. The lowest BCUT2D eigenvalue weighted by atomic mass is 9.94. The highest BCUT2D eigenvalue weighted by Gasteiger charge is 2.27. The van der Waals surface area contributed by atoms with Crippen LogP contribution in [0.4, 0.5) is 11.4 Å². The zero-order valence-corrected chi connectivity index (χ0v) is 21.8. The Morgan fingerprint density at radius 1 is 0.943 bits per heavy atom. The number of hydrogen-bond donors (Lipinski definition) is 1. The van der Waals surface area contributed by atoms with Crippen molar-refractivity contribution < 1.29 is 9.59 Å². The molecule has 2 amide bonds. The Kier molecular flexibility index (Phi) is 8.94. The smallest absolute Gasteiger partial charge is 0.257 e. The molecule has 0 spiro atoms. The second-order valence-electron chi connectivity index (χ2n) is 9.10. The van der Waals surface area contributed by atoms with E-state index >= 15 is 0 Å². The Balaban J connectivity index is 1.91. The normalized spacial score (nSPS) is 11.7. The van der Waals surface area contributed by atoms with Crippen molar-refractivity contribution in [3.05, 3.63) is 94.5 Å². The Bertz CT molecular complexity index is 1160. The topological polar surface area (TPSA) is 52.7 Å². The molecule has 0 radical (unpaired) electrons. The largest absolute Gasteiger partial charge is 0.377 e. The molecule has 184 valence electrons. The predicted octanol–water partition coefficient (Wildman–Crippen LogP) is 6.59. The number of rotatable bonds is 9. The van der Waals surface area contributed by atoms with Gasteiger partial charge in [-0.3, -0.25) is 9.59 Å². The quantitative estimate of drug-likeness (QED) is 0.367. The summed E-state index contributed by atoms with van der Waals surface area (Å²) in [6.07, 6.45) is 0.723. The van der Waals surface area contributed by atoms with E-state index in [1.165, 1.54) is 0 Å². The molecular formula is C29H34ClN3O2. The lowest BCUT2D eigenvalue weighted by Crippen LogP contribution is -2.39. The van der Waals surface area contributed by atoms with Crippen LogP contribution in [0.2, 0.25) is 5.02 Å². The van der Waals surface area contributed by atoms with Crippen molar-refractivity contribution in [2.75, 3.05) is 24.3 Å². The second-order valence-corrected chi connectivity index (χ2v) is 9.51. The van der Waals surface area contributed by atoms with Crippen LogP contribution in [0.25, 0.3) is 0 Å². The molecule has 1 unspecified atom stereocenters. The fourth-order valence-electron chi connectivity index (χ4n) is 4.21. The summed E-state index contributed by atoms with van der Waals surface area (Å²) >= 11 is 6.20. The SMILES string of the molecule is CCC(C(=O)N(Cc1cc(NC(=O)c2ccccc2Cl)ccc1N(C)C)C(C)C)c1ccccc1. The summed E-state index contributed by atoms with van der Waals surface area (Å²) in [7, 11) is 3.95. The first kappa shape index (κ1) is 26.3. The van der Waals surface area contributed by atoms with Crippen LogP contribution in [0.15, 0.2) is 72.8 Å². The molecule has 3 rings (SSSR count). The lowest BCUT2D eigenvalue weighted by Gasteiger charge is -2.32. The molecule has 35 heavy (non-hydrogen) atoms. The van der Waals surface area contributed by atoms with Crippen molar-refractivity contribution in [3.8, 4) is 0 Å². The fraction of sp³-hybridized carbons (Fsp3) is 0.310. The summed E-state index contributed by atoms with van der Waals surface area (Å²) in [4.78, 5) is 30.5. The molecule has 0 aliphatic rings. The van der Waals surface area contributed by atoms with Crippen molar-refractivity contribution in [1.82, 2.24) is 4.90 Å². The first-order chi connectivity index (χ1) is 16.7. The van der Waals surface area contributed by atoms with E-state index in [1.807, 2.05) is 93.2 Å². The van der Waals surface area contributed by atoms with Gasteiger partial charge in [0.25, 0.3) is 5.91 Å².